The minimum Gasteiger partial charge on any atom is -0.306 e. The van der Waals surface area contributed by atoms with Crippen molar-refractivity contribution in [1.82, 2.24) is 14.5 Å². The van der Waals surface area contributed by atoms with Gasteiger partial charge in [-0.15, -0.1) is 0 Å². The molecule has 0 aliphatic heterocycles. The van der Waals surface area contributed by atoms with Gasteiger partial charge in [-0.25, -0.2) is 4.79 Å². The lowest BCUT2D eigenvalue weighted by molar-refractivity contribution is 0.493. The Morgan fingerprint density at radius 3 is 2.42 bits per heavy atom. The maximum atomic E-state index is 12.0. The van der Waals surface area contributed by atoms with Gasteiger partial charge in [-0.2, -0.15) is 0 Å². The Morgan fingerprint density at radius 1 is 1.00 bits per heavy atom. The first-order chi connectivity index (χ1) is 11.6. The summed E-state index contributed by atoms with van der Waals surface area (Å²) in [6, 6.07) is 17.2. The number of rotatable bonds is 6. The van der Waals surface area contributed by atoms with Crippen molar-refractivity contribution in [3.05, 3.63) is 70.1 Å². The van der Waals surface area contributed by atoms with Crippen molar-refractivity contribution in [2.24, 2.45) is 14.1 Å². The van der Waals surface area contributed by atoms with Crippen LogP contribution in [0.4, 0.5) is 0 Å². The topological polar surface area (TPSA) is 39.0 Å². The van der Waals surface area contributed by atoms with Crippen LogP contribution in [-0.4, -0.2) is 9.13 Å². The minimum absolute atomic E-state index is 0.0169. The van der Waals surface area contributed by atoms with E-state index in [9.17, 15) is 4.79 Å². The van der Waals surface area contributed by atoms with Crippen molar-refractivity contribution in [2.75, 3.05) is 0 Å². The second kappa shape index (κ2) is 7.05. The number of aryl methyl sites for hydroxylation is 2. The first-order valence-corrected chi connectivity index (χ1v) is 8.54. The number of aromatic nitrogens is 2. The molecule has 1 atom stereocenters. The van der Waals surface area contributed by atoms with Crippen LogP contribution in [-0.2, 0) is 20.6 Å². The highest BCUT2D eigenvalue weighted by Crippen LogP contribution is 2.20. The standard InChI is InChI=1S/C20H25N3O/c1-4-8-17(16-9-6-5-7-10-16)21-14-15-11-12-18-19(13-15)23(3)20(24)22(18)2/h5-7,9-13,17,21H,4,8,14H2,1-3H3. The van der Waals surface area contributed by atoms with Crippen LogP contribution in [0.5, 0.6) is 0 Å². The molecule has 126 valence electrons. The second-order valence-corrected chi connectivity index (χ2v) is 6.36. The summed E-state index contributed by atoms with van der Waals surface area (Å²) >= 11 is 0. The van der Waals surface area contributed by atoms with E-state index in [2.05, 4.69) is 54.7 Å². The predicted molar refractivity (Wildman–Crippen MR) is 99.1 cm³/mol. The molecule has 1 unspecified atom stereocenters. The zero-order valence-electron chi connectivity index (χ0n) is 14.6. The third kappa shape index (κ3) is 3.15. The van der Waals surface area contributed by atoms with Crippen LogP contribution >= 0.6 is 0 Å². The molecule has 3 rings (SSSR count). The molecule has 3 aromatic rings. The monoisotopic (exact) mass is 323 g/mol. The second-order valence-electron chi connectivity index (χ2n) is 6.36. The van der Waals surface area contributed by atoms with Crippen molar-refractivity contribution in [3.63, 3.8) is 0 Å². The lowest BCUT2D eigenvalue weighted by atomic mass is 10.0. The van der Waals surface area contributed by atoms with Gasteiger partial charge in [0.1, 0.15) is 0 Å². The number of hydrogen-bond acceptors (Lipinski definition) is 2. The van der Waals surface area contributed by atoms with Crippen LogP contribution < -0.4 is 11.0 Å². The fourth-order valence-corrected chi connectivity index (χ4v) is 3.26. The van der Waals surface area contributed by atoms with Gasteiger partial charge >= 0.3 is 5.69 Å². The molecule has 0 fully saturated rings. The smallest absolute Gasteiger partial charge is 0.306 e. The molecule has 1 aromatic heterocycles. The molecular weight excluding hydrogens is 298 g/mol. The molecule has 0 amide bonds. The van der Waals surface area contributed by atoms with Gasteiger partial charge in [0.15, 0.2) is 0 Å². The van der Waals surface area contributed by atoms with Gasteiger partial charge < -0.3 is 5.32 Å². The van der Waals surface area contributed by atoms with Gasteiger partial charge in [-0.1, -0.05) is 49.7 Å². The molecule has 0 aliphatic carbocycles. The van der Waals surface area contributed by atoms with Gasteiger partial charge in [0.25, 0.3) is 0 Å². The molecule has 4 nitrogen and oxygen atoms in total. The number of nitrogens with zero attached hydrogens (tertiary/aromatic N) is 2. The highest BCUT2D eigenvalue weighted by Gasteiger charge is 2.11. The molecule has 1 heterocycles. The summed E-state index contributed by atoms with van der Waals surface area (Å²) in [5.41, 5.74) is 4.49. The van der Waals surface area contributed by atoms with E-state index in [4.69, 9.17) is 0 Å². The zero-order valence-corrected chi connectivity index (χ0v) is 14.6. The number of benzene rings is 2. The molecule has 4 heteroatoms. The Hall–Kier alpha value is -2.33. The first-order valence-electron chi connectivity index (χ1n) is 8.54. The highest BCUT2D eigenvalue weighted by molar-refractivity contribution is 5.76. The van der Waals surface area contributed by atoms with Gasteiger partial charge in [0, 0.05) is 26.7 Å². The largest absolute Gasteiger partial charge is 0.328 e. The molecule has 0 spiro atoms. The number of fused-ring (bicyclic) bond motifs is 1. The van der Waals surface area contributed by atoms with E-state index in [1.54, 1.807) is 9.13 Å². The SMILES string of the molecule is CCCC(NCc1ccc2c(c1)n(C)c(=O)n2C)c1ccccc1. The summed E-state index contributed by atoms with van der Waals surface area (Å²) < 4.78 is 3.40. The molecule has 0 aliphatic rings. The third-order valence-corrected chi connectivity index (χ3v) is 4.67. The molecule has 2 aromatic carbocycles. The van der Waals surface area contributed by atoms with Crippen LogP contribution in [0.3, 0.4) is 0 Å². The van der Waals surface area contributed by atoms with Crippen LogP contribution in [0.15, 0.2) is 53.3 Å². The molecule has 0 saturated carbocycles. The minimum atomic E-state index is 0.0169. The van der Waals surface area contributed by atoms with Crippen LogP contribution in [0.2, 0.25) is 0 Å². The Labute approximate surface area is 142 Å². The van der Waals surface area contributed by atoms with Crippen LogP contribution in [0.25, 0.3) is 11.0 Å². The van der Waals surface area contributed by atoms with E-state index < -0.39 is 0 Å². The normalized spacial score (nSPS) is 12.6. The maximum Gasteiger partial charge on any atom is 0.328 e. The van der Waals surface area contributed by atoms with Crippen molar-refractivity contribution in [2.45, 2.75) is 32.4 Å². The van der Waals surface area contributed by atoms with Crippen molar-refractivity contribution in [1.29, 1.82) is 0 Å². The quantitative estimate of drug-likeness (QED) is 0.754. The van der Waals surface area contributed by atoms with Crippen molar-refractivity contribution < 1.29 is 0 Å². The number of imidazole rings is 1. The summed E-state index contributed by atoms with van der Waals surface area (Å²) in [5, 5.41) is 3.66. The fraction of sp³-hybridized carbons (Fsp3) is 0.350. The lowest BCUT2D eigenvalue weighted by Gasteiger charge is -2.19. The molecule has 0 saturated heterocycles. The summed E-state index contributed by atoms with van der Waals surface area (Å²) in [5.74, 6) is 0. The van der Waals surface area contributed by atoms with Gasteiger partial charge in [-0.3, -0.25) is 9.13 Å². The van der Waals surface area contributed by atoms with Crippen molar-refractivity contribution >= 4 is 11.0 Å². The molecule has 0 bridgehead atoms. The predicted octanol–water partition coefficient (Wildman–Crippen LogP) is 3.51. The molecule has 0 radical (unpaired) electrons. The lowest BCUT2D eigenvalue weighted by Crippen LogP contribution is -2.20. The average molecular weight is 323 g/mol. The molecule has 24 heavy (non-hydrogen) atoms. The maximum absolute atomic E-state index is 12.0. The number of hydrogen-bond donors (Lipinski definition) is 1. The Balaban J connectivity index is 1.81. The summed E-state index contributed by atoms with van der Waals surface area (Å²) in [4.78, 5) is 12.0. The number of nitrogens with one attached hydrogen (secondary N) is 1. The molecular formula is C20H25N3O. The van der Waals surface area contributed by atoms with Crippen LogP contribution in [0.1, 0.15) is 36.9 Å². The Morgan fingerprint density at radius 2 is 1.71 bits per heavy atom. The van der Waals surface area contributed by atoms with Crippen LogP contribution in [0, 0.1) is 0 Å². The average Bonchev–Trinajstić information content (AvgIpc) is 2.83. The van der Waals surface area contributed by atoms with Gasteiger partial charge in [-0.05, 0) is 29.7 Å². The van der Waals surface area contributed by atoms with E-state index in [1.165, 1.54) is 11.1 Å². The summed E-state index contributed by atoms with van der Waals surface area (Å²) in [7, 11) is 3.64. The zero-order chi connectivity index (χ0) is 17.1. The highest BCUT2D eigenvalue weighted by atomic mass is 16.1. The molecule has 1 N–H and O–H groups in total. The Bertz CT molecular complexity index is 877. The third-order valence-electron chi connectivity index (χ3n) is 4.67. The van der Waals surface area contributed by atoms with E-state index in [1.807, 2.05) is 20.2 Å². The fourth-order valence-electron chi connectivity index (χ4n) is 3.26. The van der Waals surface area contributed by atoms with Gasteiger partial charge in [0.05, 0.1) is 11.0 Å². The van der Waals surface area contributed by atoms with E-state index >= 15 is 0 Å². The Kier molecular flexibility index (Phi) is 4.86. The van der Waals surface area contributed by atoms with E-state index in [0.717, 1.165) is 30.4 Å². The van der Waals surface area contributed by atoms with E-state index in [0.29, 0.717) is 6.04 Å². The van der Waals surface area contributed by atoms with Crippen molar-refractivity contribution in [3.8, 4) is 0 Å². The summed E-state index contributed by atoms with van der Waals surface area (Å²) in [6.07, 6.45) is 2.24. The van der Waals surface area contributed by atoms with Gasteiger partial charge in [0.2, 0.25) is 0 Å². The van der Waals surface area contributed by atoms with E-state index in [-0.39, 0.29) is 5.69 Å². The summed E-state index contributed by atoms with van der Waals surface area (Å²) in [6.45, 7) is 3.00. The first kappa shape index (κ1) is 16.5.